The van der Waals surface area contributed by atoms with E-state index in [1.165, 1.54) is 0 Å². The van der Waals surface area contributed by atoms with Gasteiger partial charge in [0.25, 0.3) is 5.91 Å². The van der Waals surface area contributed by atoms with E-state index >= 15 is 0 Å². The van der Waals surface area contributed by atoms with Crippen LogP contribution in [0.3, 0.4) is 0 Å². The van der Waals surface area contributed by atoms with E-state index in [-0.39, 0.29) is 5.91 Å². The van der Waals surface area contributed by atoms with Gasteiger partial charge in [-0.2, -0.15) is 0 Å². The predicted molar refractivity (Wildman–Crippen MR) is 139 cm³/mol. The van der Waals surface area contributed by atoms with Crippen LogP contribution in [0.1, 0.15) is 21.5 Å². The number of carbonyl (C=O) groups excluding carboxylic acids is 1. The summed E-state index contributed by atoms with van der Waals surface area (Å²) in [6.45, 7) is 2.31. The highest BCUT2D eigenvalue weighted by atomic mass is 35.5. The first-order chi connectivity index (χ1) is 16.9. The number of carbonyl (C=O) groups is 1. The number of aryl methyl sites for hydroxylation is 1. The highest BCUT2D eigenvalue weighted by molar-refractivity contribution is 6.36. The molecule has 1 amide bonds. The Labute approximate surface area is 211 Å². The minimum Gasteiger partial charge on any atom is -0.383 e. The second-order valence-electron chi connectivity index (χ2n) is 8.04. The van der Waals surface area contributed by atoms with Crippen molar-refractivity contribution in [3.63, 3.8) is 0 Å². The maximum Gasteiger partial charge on any atom is 0.253 e. The van der Waals surface area contributed by atoms with Crippen LogP contribution in [0.15, 0.2) is 73.1 Å². The van der Waals surface area contributed by atoms with Crippen LogP contribution >= 0.6 is 23.2 Å². The molecule has 5 aromatic rings. The molecule has 7 nitrogen and oxygen atoms in total. The summed E-state index contributed by atoms with van der Waals surface area (Å²) in [6.07, 6.45) is 3.46. The second kappa shape index (κ2) is 9.37. The summed E-state index contributed by atoms with van der Waals surface area (Å²) in [7, 11) is 0. The lowest BCUT2D eigenvalue weighted by atomic mass is 10.1. The molecule has 3 aromatic heterocycles. The first-order valence-corrected chi connectivity index (χ1v) is 11.5. The molecule has 9 heteroatoms. The number of pyridine rings is 2. The number of halogens is 2. The van der Waals surface area contributed by atoms with Crippen molar-refractivity contribution in [1.82, 2.24) is 24.8 Å². The Bertz CT molecular complexity index is 1560. The summed E-state index contributed by atoms with van der Waals surface area (Å²) in [5, 5.41) is 3.67. The first-order valence-electron chi connectivity index (χ1n) is 10.8. The summed E-state index contributed by atoms with van der Waals surface area (Å²) in [5.74, 6) is 0.772. The topological polar surface area (TPSA) is 98.7 Å². The molecule has 0 aliphatic carbocycles. The lowest BCUT2D eigenvalue weighted by Gasteiger charge is -2.11. The summed E-state index contributed by atoms with van der Waals surface area (Å²) >= 11 is 12.1. The number of hydrogen-bond acceptors (Lipinski definition) is 5. The number of anilines is 1. The molecule has 0 aliphatic rings. The molecule has 2 aromatic carbocycles. The molecule has 0 saturated heterocycles. The Balaban J connectivity index is 1.45. The molecule has 0 fully saturated rings. The zero-order chi connectivity index (χ0) is 24.5. The molecule has 0 aliphatic heterocycles. The first kappa shape index (κ1) is 22.8. The molecule has 3 heterocycles. The molecule has 5 rings (SSSR count). The zero-order valence-corrected chi connectivity index (χ0v) is 20.2. The predicted octanol–water partition coefficient (Wildman–Crippen LogP) is 5.61. The van der Waals surface area contributed by atoms with Gasteiger partial charge in [-0.3, -0.25) is 9.36 Å². The monoisotopic (exact) mass is 502 g/mol. The van der Waals surface area contributed by atoms with Crippen LogP contribution in [0, 0.1) is 6.92 Å². The molecule has 0 radical (unpaired) electrons. The van der Waals surface area contributed by atoms with Crippen LogP contribution in [-0.2, 0) is 6.54 Å². The number of imidazole rings is 1. The second-order valence-corrected chi connectivity index (χ2v) is 8.88. The van der Waals surface area contributed by atoms with Gasteiger partial charge in [-0.25, -0.2) is 15.0 Å². The van der Waals surface area contributed by atoms with Crippen LogP contribution in [0.2, 0.25) is 10.0 Å². The van der Waals surface area contributed by atoms with Crippen molar-refractivity contribution in [2.45, 2.75) is 13.5 Å². The summed E-state index contributed by atoms with van der Waals surface area (Å²) in [5.41, 5.74) is 11.5. The van der Waals surface area contributed by atoms with Crippen molar-refractivity contribution in [3.8, 4) is 17.1 Å². The van der Waals surface area contributed by atoms with Gasteiger partial charge in [0.1, 0.15) is 11.3 Å². The van der Waals surface area contributed by atoms with E-state index in [1.807, 2.05) is 60.2 Å². The van der Waals surface area contributed by atoms with Gasteiger partial charge in [-0.05, 0) is 66.6 Å². The van der Waals surface area contributed by atoms with E-state index in [4.69, 9.17) is 33.9 Å². The van der Waals surface area contributed by atoms with Crippen molar-refractivity contribution >= 4 is 46.1 Å². The quantitative estimate of drug-likeness (QED) is 0.325. The number of nitrogens with two attached hydrogens (primary N) is 1. The number of benzene rings is 2. The fourth-order valence-electron chi connectivity index (χ4n) is 3.81. The van der Waals surface area contributed by atoms with Gasteiger partial charge in [0, 0.05) is 29.6 Å². The number of rotatable bonds is 5. The fourth-order valence-corrected chi connectivity index (χ4v) is 4.31. The Morgan fingerprint density at radius 2 is 1.86 bits per heavy atom. The zero-order valence-electron chi connectivity index (χ0n) is 18.7. The van der Waals surface area contributed by atoms with Crippen molar-refractivity contribution < 1.29 is 4.79 Å². The largest absolute Gasteiger partial charge is 0.383 e. The normalized spacial score (nSPS) is 11.1. The van der Waals surface area contributed by atoms with Gasteiger partial charge < -0.3 is 11.1 Å². The SMILES string of the molecule is Cc1cnc2c(c1)nc(-c1cccnc1N)n2-c1ccc(CNC(=O)c2ccc(Cl)cc2Cl)cc1. The molecular formula is C26H20Cl2N6O. The average Bonchev–Trinajstić information content (AvgIpc) is 3.21. The third kappa shape index (κ3) is 4.56. The lowest BCUT2D eigenvalue weighted by molar-refractivity contribution is 0.0951. The van der Waals surface area contributed by atoms with Crippen molar-refractivity contribution in [2.24, 2.45) is 0 Å². The van der Waals surface area contributed by atoms with Gasteiger partial charge >= 0.3 is 0 Å². The molecule has 0 bridgehead atoms. The summed E-state index contributed by atoms with van der Waals surface area (Å²) in [6, 6.07) is 18.3. The Morgan fingerprint density at radius 1 is 1.06 bits per heavy atom. The highest BCUT2D eigenvalue weighted by Crippen LogP contribution is 2.30. The number of hydrogen-bond donors (Lipinski definition) is 2. The van der Waals surface area contributed by atoms with E-state index in [2.05, 4.69) is 15.3 Å². The van der Waals surface area contributed by atoms with Crippen molar-refractivity contribution in [1.29, 1.82) is 0 Å². The van der Waals surface area contributed by atoms with E-state index < -0.39 is 0 Å². The number of aromatic nitrogens is 4. The van der Waals surface area contributed by atoms with E-state index in [0.29, 0.717) is 39.4 Å². The Morgan fingerprint density at radius 3 is 2.60 bits per heavy atom. The van der Waals surface area contributed by atoms with Gasteiger partial charge in [-0.15, -0.1) is 0 Å². The van der Waals surface area contributed by atoms with Crippen molar-refractivity contribution in [3.05, 3.63) is 99.8 Å². The third-order valence-electron chi connectivity index (χ3n) is 5.54. The molecule has 174 valence electrons. The number of nitrogens with one attached hydrogen (secondary N) is 1. The van der Waals surface area contributed by atoms with Crippen LogP contribution in [0.4, 0.5) is 5.82 Å². The van der Waals surface area contributed by atoms with E-state index in [9.17, 15) is 4.79 Å². The number of nitrogen functional groups attached to an aromatic ring is 1. The van der Waals surface area contributed by atoms with Crippen LogP contribution < -0.4 is 11.1 Å². The molecule has 0 atom stereocenters. The van der Waals surface area contributed by atoms with Gasteiger partial charge in [0.2, 0.25) is 0 Å². The Kier molecular flexibility index (Phi) is 6.11. The number of fused-ring (bicyclic) bond motifs is 1. The smallest absolute Gasteiger partial charge is 0.253 e. The van der Waals surface area contributed by atoms with Crippen LogP contribution in [0.5, 0.6) is 0 Å². The van der Waals surface area contributed by atoms with Crippen LogP contribution in [0.25, 0.3) is 28.2 Å². The molecular weight excluding hydrogens is 483 g/mol. The maximum absolute atomic E-state index is 12.5. The molecule has 0 spiro atoms. The summed E-state index contributed by atoms with van der Waals surface area (Å²) < 4.78 is 1.96. The molecule has 0 saturated carbocycles. The molecule has 3 N–H and O–H groups in total. The maximum atomic E-state index is 12.5. The van der Waals surface area contributed by atoms with Gasteiger partial charge in [-0.1, -0.05) is 35.3 Å². The van der Waals surface area contributed by atoms with Crippen molar-refractivity contribution in [2.75, 3.05) is 5.73 Å². The minimum atomic E-state index is -0.273. The Hall–Kier alpha value is -3.94. The van der Waals surface area contributed by atoms with Crippen LogP contribution in [-0.4, -0.2) is 25.4 Å². The molecule has 35 heavy (non-hydrogen) atoms. The molecule has 0 unspecified atom stereocenters. The lowest BCUT2D eigenvalue weighted by Crippen LogP contribution is -2.23. The van der Waals surface area contributed by atoms with E-state index in [0.717, 1.165) is 27.9 Å². The highest BCUT2D eigenvalue weighted by Gasteiger charge is 2.18. The number of amides is 1. The fraction of sp³-hybridized carbons (Fsp3) is 0.0769. The van der Waals surface area contributed by atoms with Gasteiger partial charge in [0.15, 0.2) is 11.5 Å². The van der Waals surface area contributed by atoms with E-state index in [1.54, 1.807) is 24.4 Å². The van der Waals surface area contributed by atoms with Gasteiger partial charge in [0.05, 0.1) is 16.1 Å². The minimum absolute atomic E-state index is 0.273. The average molecular weight is 503 g/mol. The standard InChI is InChI=1S/C26H20Cl2N6O/c1-15-11-22-25(31-13-15)34(24(33-22)20-3-2-10-30-23(20)29)18-7-4-16(5-8-18)14-32-26(35)19-9-6-17(27)12-21(19)28/h2-13H,14H2,1H3,(H2,29,30)(H,32,35). The third-order valence-corrected chi connectivity index (χ3v) is 6.08. The summed E-state index contributed by atoms with van der Waals surface area (Å²) in [4.78, 5) is 26.2. The number of nitrogens with zero attached hydrogens (tertiary/aromatic N) is 4.